The van der Waals surface area contributed by atoms with E-state index in [9.17, 15) is 5.26 Å². The number of aromatic nitrogens is 2. The van der Waals surface area contributed by atoms with Crippen molar-refractivity contribution in [3.63, 3.8) is 0 Å². The highest BCUT2D eigenvalue weighted by Crippen LogP contribution is 2.31. The molecule has 2 aromatic heterocycles. The van der Waals surface area contributed by atoms with Crippen molar-refractivity contribution in [1.29, 1.82) is 5.26 Å². The van der Waals surface area contributed by atoms with Crippen LogP contribution in [0.3, 0.4) is 0 Å². The minimum absolute atomic E-state index is 0.529. The number of fused-ring (bicyclic) bond motifs is 2. The van der Waals surface area contributed by atoms with Crippen molar-refractivity contribution in [3.8, 4) is 17.3 Å². The van der Waals surface area contributed by atoms with Gasteiger partial charge in [0.2, 0.25) is 0 Å². The molecule has 23 heavy (non-hydrogen) atoms. The maximum atomic E-state index is 9.65. The van der Waals surface area contributed by atoms with Crippen molar-refractivity contribution in [3.05, 3.63) is 72.1 Å². The summed E-state index contributed by atoms with van der Waals surface area (Å²) < 4.78 is 0. The molecule has 2 aromatic carbocycles. The van der Waals surface area contributed by atoms with Crippen molar-refractivity contribution in [2.24, 2.45) is 0 Å². The molecule has 0 aliphatic rings. The Labute approximate surface area is 133 Å². The molecule has 0 aliphatic carbocycles. The summed E-state index contributed by atoms with van der Waals surface area (Å²) in [6.45, 7) is 2.05. The van der Waals surface area contributed by atoms with Crippen LogP contribution in [0, 0.1) is 18.3 Å². The molecule has 0 atom stereocenters. The summed E-state index contributed by atoms with van der Waals surface area (Å²) in [5.41, 5.74) is 4.01. The van der Waals surface area contributed by atoms with E-state index in [2.05, 4.69) is 40.3 Å². The predicted octanol–water partition coefficient (Wildman–Crippen LogP) is 4.63. The highest BCUT2D eigenvalue weighted by Gasteiger charge is 2.14. The van der Waals surface area contributed by atoms with Crippen molar-refractivity contribution >= 4 is 21.7 Å². The van der Waals surface area contributed by atoms with E-state index < -0.39 is 0 Å². The van der Waals surface area contributed by atoms with Crippen molar-refractivity contribution in [1.82, 2.24) is 9.97 Å². The zero-order valence-electron chi connectivity index (χ0n) is 12.6. The Bertz CT molecular complexity index is 1090. The number of hydrogen-bond acceptors (Lipinski definition) is 3. The van der Waals surface area contributed by atoms with Crippen LogP contribution in [0.1, 0.15) is 11.1 Å². The first-order chi connectivity index (χ1) is 11.3. The molecule has 108 valence electrons. The molecule has 0 bridgehead atoms. The third-order valence-corrected chi connectivity index (χ3v) is 4.10. The average Bonchev–Trinajstić information content (AvgIpc) is 2.60. The molecule has 3 nitrogen and oxygen atoms in total. The van der Waals surface area contributed by atoms with E-state index >= 15 is 0 Å². The first-order valence-electron chi connectivity index (χ1n) is 7.41. The van der Waals surface area contributed by atoms with E-state index in [1.54, 1.807) is 12.4 Å². The molecule has 0 unspecified atom stereocenters. The molecule has 0 spiro atoms. The van der Waals surface area contributed by atoms with Crippen LogP contribution in [-0.4, -0.2) is 9.97 Å². The molecular formula is C20H13N3. The molecule has 2 heterocycles. The lowest BCUT2D eigenvalue weighted by Gasteiger charge is -2.10. The van der Waals surface area contributed by atoms with Crippen LogP contribution in [-0.2, 0) is 0 Å². The molecule has 3 heteroatoms. The average molecular weight is 295 g/mol. The van der Waals surface area contributed by atoms with Gasteiger partial charge >= 0.3 is 0 Å². The van der Waals surface area contributed by atoms with Crippen LogP contribution in [0.25, 0.3) is 32.9 Å². The summed E-state index contributed by atoms with van der Waals surface area (Å²) in [6.07, 6.45) is 3.49. The van der Waals surface area contributed by atoms with Gasteiger partial charge in [-0.1, -0.05) is 30.3 Å². The Morgan fingerprint density at radius 1 is 0.913 bits per heavy atom. The normalized spacial score (nSPS) is 10.8. The highest BCUT2D eigenvalue weighted by atomic mass is 14.7. The SMILES string of the molecule is Cc1cc2ccccc2cc1-c1ncc2cccnc2c1C#N. The van der Waals surface area contributed by atoms with Crippen LogP contribution < -0.4 is 0 Å². The van der Waals surface area contributed by atoms with Crippen LogP contribution in [0.5, 0.6) is 0 Å². The second-order valence-corrected chi connectivity index (χ2v) is 5.55. The zero-order valence-corrected chi connectivity index (χ0v) is 12.6. The maximum Gasteiger partial charge on any atom is 0.105 e. The van der Waals surface area contributed by atoms with Gasteiger partial charge < -0.3 is 0 Å². The lowest BCUT2D eigenvalue weighted by molar-refractivity contribution is 1.29. The smallest absolute Gasteiger partial charge is 0.105 e. The third kappa shape index (κ3) is 2.13. The van der Waals surface area contributed by atoms with Gasteiger partial charge in [-0.2, -0.15) is 5.26 Å². The van der Waals surface area contributed by atoms with Gasteiger partial charge in [0.25, 0.3) is 0 Å². The van der Waals surface area contributed by atoms with Crippen LogP contribution >= 0.6 is 0 Å². The molecular weight excluding hydrogens is 282 g/mol. The third-order valence-electron chi connectivity index (χ3n) is 4.10. The molecule has 0 fully saturated rings. The molecule has 4 aromatic rings. The fraction of sp³-hybridized carbons (Fsp3) is 0.0500. The van der Waals surface area contributed by atoms with E-state index in [4.69, 9.17) is 0 Å². The number of nitrogens with zero attached hydrogens (tertiary/aromatic N) is 3. The molecule has 0 aliphatic heterocycles. The summed E-state index contributed by atoms with van der Waals surface area (Å²) in [7, 11) is 0. The van der Waals surface area contributed by atoms with Crippen LogP contribution in [0.15, 0.2) is 60.9 Å². The second-order valence-electron chi connectivity index (χ2n) is 5.55. The Kier molecular flexibility index (Phi) is 3.03. The molecule has 0 saturated heterocycles. The fourth-order valence-corrected chi connectivity index (χ4v) is 2.96. The highest BCUT2D eigenvalue weighted by molar-refractivity contribution is 5.93. The number of rotatable bonds is 1. The first-order valence-corrected chi connectivity index (χ1v) is 7.41. The molecule has 0 amide bonds. The fourth-order valence-electron chi connectivity index (χ4n) is 2.96. The van der Waals surface area contributed by atoms with Gasteiger partial charge in [0.05, 0.1) is 11.2 Å². The van der Waals surface area contributed by atoms with Crippen LogP contribution in [0.4, 0.5) is 0 Å². The van der Waals surface area contributed by atoms with E-state index in [1.165, 1.54) is 5.39 Å². The topological polar surface area (TPSA) is 49.6 Å². The van der Waals surface area contributed by atoms with Gasteiger partial charge in [0, 0.05) is 23.3 Å². The zero-order chi connectivity index (χ0) is 15.8. The quantitative estimate of drug-likeness (QED) is 0.514. The van der Waals surface area contributed by atoms with Gasteiger partial charge in [-0.05, 0) is 41.5 Å². The van der Waals surface area contributed by atoms with Crippen molar-refractivity contribution < 1.29 is 0 Å². The van der Waals surface area contributed by atoms with Gasteiger partial charge in [0.1, 0.15) is 11.6 Å². The summed E-state index contributed by atoms with van der Waals surface area (Å²) in [4.78, 5) is 8.92. The lowest BCUT2D eigenvalue weighted by Crippen LogP contribution is -1.95. The number of pyridine rings is 2. The lowest BCUT2D eigenvalue weighted by atomic mass is 9.96. The largest absolute Gasteiger partial charge is 0.255 e. The van der Waals surface area contributed by atoms with Crippen molar-refractivity contribution in [2.75, 3.05) is 0 Å². The van der Waals surface area contributed by atoms with E-state index in [0.717, 1.165) is 21.9 Å². The van der Waals surface area contributed by atoms with Gasteiger partial charge in [0.15, 0.2) is 0 Å². The molecule has 0 saturated carbocycles. The molecule has 0 N–H and O–H groups in total. The standard InChI is InChI=1S/C20H13N3/c1-13-9-14-5-2-3-6-15(14)10-17(13)20-18(11-21)19-16(12-23-20)7-4-8-22-19/h2-10,12H,1H3. The van der Waals surface area contributed by atoms with Gasteiger partial charge in [-0.15, -0.1) is 0 Å². The molecule has 4 rings (SSSR count). The van der Waals surface area contributed by atoms with E-state index in [-0.39, 0.29) is 0 Å². The summed E-state index contributed by atoms with van der Waals surface area (Å²) in [5.74, 6) is 0. The number of aryl methyl sites for hydroxylation is 1. The van der Waals surface area contributed by atoms with Crippen molar-refractivity contribution in [2.45, 2.75) is 6.92 Å². The Balaban J connectivity index is 2.06. The van der Waals surface area contributed by atoms with E-state index in [1.807, 2.05) is 31.2 Å². The number of benzene rings is 2. The summed E-state index contributed by atoms with van der Waals surface area (Å²) in [5, 5.41) is 12.9. The second kappa shape index (κ2) is 5.19. The maximum absolute atomic E-state index is 9.65. The summed E-state index contributed by atoms with van der Waals surface area (Å²) >= 11 is 0. The Morgan fingerprint density at radius 2 is 1.65 bits per heavy atom. The van der Waals surface area contributed by atoms with Gasteiger partial charge in [-0.3, -0.25) is 9.97 Å². The van der Waals surface area contributed by atoms with Crippen LogP contribution in [0.2, 0.25) is 0 Å². The number of nitriles is 1. The Morgan fingerprint density at radius 3 is 2.43 bits per heavy atom. The predicted molar refractivity (Wildman–Crippen MR) is 91.9 cm³/mol. The molecule has 0 radical (unpaired) electrons. The van der Waals surface area contributed by atoms with E-state index in [0.29, 0.717) is 16.8 Å². The Hall–Kier alpha value is -3.25. The first kappa shape index (κ1) is 13.4. The minimum Gasteiger partial charge on any atom is -0.255 e. The van der Waals surface area contributed by atoms with Gasteiger partial charge in [-0.25, -0.2) is 0 Å². The minimum atomic E-state index is 0.529. The number of hydrogen-bond donors (Lipinski definition) is 0. The summed E-state index contributed by atoms with van der Waals surface area (Å²) in [6, 6.07) is 18.5. The monoisotopic (exact) mass is 295 g/mol.